The Hall–Kier alpha value is -1.40. The van der Waals surface area contributed by atoms with Crippen molar-refractivity contribution in [3.63, 3.8) is 0 Å². The first-order valence-electron chi connectivity index (χ1n) is 5.78. The minimum Gasteiger partial charge on any atom is -0.326 e. The summed E-state index contributed by atoms with van der Waals surface area (Å²) in [6.07, 6.45) is -5.03. The summed E-state index contributed by atoms with van der Waals surface area (Å²) in [4.78, 5) is 4.24. The van der Waals surface area contributed by atoms with Gasteiger partial charge in [-0.15, -0.1) is 11.3 Å². The first kappa shape index (κ1) is 14.0. The van der Waals surface area contributed by atoms with Gasteiger partial charge in [0.05, 0.1) is 10.7 Å². The van der Waals surface area contributed by atoms with Gasteiger partial charge in [0.25, 0.3) is 0 Å². The predicted molar refractivity (Wildman–Crippen MR) is 69.8 cm³/mol. The standard InChI is InChI=1S/C13H13F3N2S/c14-13(15,16)5-4-12-18-11(8-19-12)10-3-1-2-9(6-10)7-17/h1-3,6,8H,4-5,7,17H2. The van der Waals surface area contributed by atoms with E-state index in [1.165, 1.54) is 11.3 Å². The zero-order valence-corrected chi connectivity index (χ0v) is 10.9. The van der Waals surface area contributed by atoms with Crippen molar-refractivity contribution in [1.82, 2.24) is 4.98 Å². The lowest BCUT2D eigenvalue weighted by atomic mass is 10.1. The number of benzene rings is 1. The molecule has 0 unspecified atom stereocenters. The molecule has 0 aliphatic rings. The number of aromatic nitrogens is 1. The molecule has 6 heteroatoms. The Bertz CT molecular complexity index is 549. The highest BCUT2D eigenvalue weighted by molar-refractivity contribution is 7.09. The smallest absolute Gasteiger partial charge is 0.326 e. The average Bonchev–Trinajstić information content (AvgIpc) is 2.84. The fourth-order valence-electron chi connectivity index (χ4n) is 1.66. The largest absolute Gasteiger partial charge is 0.389 e. The third-order valence-corrected chi connectivity index (χ3v) is 3.54. The number of rotatable bonds is 4. The van der Waals surface area contributed by atoms with Crippen molar-refractivity contribution in [1.29, 1.82) is 0 Å². The van der Waals surface area contributed by atoms with Crippen LogP contribution in [-0.4, -0.2) is 11.2 Å². The average molecular weight is 286 g/mol. The third kappa shape index (κ3) is 4.04. The molecule has 1 aromatic carbocycles. The molecular weight excluding hydrogens is 273 g/mol. The van der Waals surface area contributed by atoms with E-state index in [0.29, 0.717) is 17.2 Å². The van der Waals surface area contributed by atoms with Crippen LogP contribution < -0.4 is 5.73 Å². The molecule has 0 amide bonds. The van der Waals surface area contributed by atoms with Crippen LogP contribution in [0.1, 0.15) is 17.0 Å². The monoisotopic (exact) mass is 286 g/mol. The molecule has 0 saturated carbocycles. The summed E-state index contributed by atoms with van der Waals surface area (Å²) in [5, 5.41) is 2.28. The first-order chi connectivity index (χ1) is 8.98. The summed E-state index contributed by atoms with van der Waals surface area (Å²) in [7, 11) is 0. The molecule has 0 bridgehead atoms. The normalized spacial score (nSPS) is 11.8. The molecule has 1 heterocycles. The van der Waals surface area contributed by atoms with Gasteiger partial charge in [-0.3, -0.25) is 0 Å². The molecule has 102 valence electrons. The summed E-state index contributed by atoms with van der Waals surface area (Å²) in [6.45, 7) is 0.429. The van der Waals surface area contributed by atoms with Crippen LogP contribution in [0.25, 0.3) is 11.3 Å². The maximum absolute atomic E-state index is 12.1. The maximum Gasteiger partial charge on any atom is 0.389 e. The molecule has 0 radical (unpaired) electrons. The molecule has 0 saturated heterocycles. The van der Waals surface area contributed by atoms with Crippen LogP contribution >= 0.6 is 11.3 Å². The van der Waals surface area contributed by atoms with E-state index < -0.39 is 12.6 Å². The van der Waals surface area contributed by atoms with E-state index in [4.69, 9.17) is 5.73 Å². The lowest BCUT2D eigenvalue weighted by Gasteiger charge is -2.03. The van der Waals surface area contributed by atoms with Crippen molar-refractivity contribution in [2.75, 3.05) is 0 Å². The molecule has 2 rings (SSSR count). The Morgan fingerprint density at radius 1 is 1.26 bits per heavy atom. The van der Waals surface area contributed by atoms with E-state index in [-0.39, 0.29) is 6.42 Å². The van der Waals surface area contributed by atoms with Crippen LogP contribution in [0.4, 0.5) is 13.2 Å². The number of hydrogen-bond donors (Lipinski definition) is 1. The van der Waals surface area contributed by atoms with Crippen molar-refractivity contribution in [2.24, 2.45) is 5.73 Å². The fourth-order valence-corrected chi connectivity index (χ4v) is 2.47. The Labute approximate surface area is 113 Å². The maximum atomic E-state index is 12.1. The van der Waals surface area contributed by atoms with Crippen molar-refractivity contribution >= 4 is 11.3 Å². The number of aryl methyl sites for hydroxylation is 1. The molecule has 2 nitrogen and oxygen atoms in total. The second-order valence-electron chi connectivity index (χ2n) is 4.15. The summed E-state index contributed by atoms with van der Waals surface area (Å²) < 4.78 is 36.4. The van der Waals surface area contributed by atoms with Gasteiger partial charge < -0.3 is 5.73 Å². The first-order valence-corrected chi connectivity index (χ1v) is 6.66. The van der Waals surface area contributed by atoms with Gasteiger partial charge >= 0.3 is 6.18 Å². The van der Waals surface area contributed by atoms with E-state index >= 15 is 0 Å². The summed E-state index contributed by atoms with van der Waals surface area (Å²) in [5.41, 5.74) is 8.12. The Morgan fingerprint density at radius 2 is 2.05 bits per heavy atom. The van der Waals surface area contributed by atoms with Crippen LogP contribution in [0.5, 0.6) is 0 Å². The highest BCUT2D eigenvalue weighted by Crippen LogP contribution is 2.26. The molecule has 0 aliphatic heterocycles. The quantitative estimate of drug-likeness (QED) is 0.929. The highest BCUT2D eigenvalue weighted by atomic mass is 32.1. The zero-order chi connectivity index (χ0) is 13.9. The van der Waals surface area contributed by atoms with Crippen molar-refractivity contribution < 1.29 is 13.2 Å². The van der Waals surface area contributed by atoms with E-state index in [2.05, 4.69) is 4.98 Å². The molecule has 2 aromatic rings. The molecule has 19 heavy (non-hydrogen) atoms. The number of nitrogens with zero attached hydrogens (tertiary/aromatic N) is 1. The number of thiazole rings is 1. The van der Waals surface area contributed by atoms with Crippen molar-refractivity contribution in [3.05, 3.63) is 40.2 Å². The van der Waals surface area contributed by atoms with E-state index in [9.17, 15) is 13.2 Å². The molecular formula is C13H13F3N2S. The fraction of sp³-hybridized carbons (Fsp3) is 0.308. The second-order valence-corrected chi connectivity index (χ2v) is 5.09. The lowest BCUT2D eigenvalue weighted by molar-refractivity contribution is -0.133. The summed E-state index contributed by atoms with van der Waals surface area (Å²) in [5.74, 6) is 0. The minimum atomic E-state index is -4.13. The van der Waals surface area contributed by atoms with E-state index in [1.807, 2.05) is 24.3 Å². The molecule has 0 aliphatic carbocycles. The van der Waals surface area contributed by atoms with Crippen molar-refractivity contribution in [3.8, 4) is 11.3 Å². The molecule has 0 spiro atoms. The predicted octanol–water partition coefficient (Wildman–Crippen LogP) is 3.76. The van der Waals surface area contributed by atoms with Gasteiger partial charge in [-0.2, -0.15) is 13.2 Å². The molecule has 0 atom stereocenters. The minimum absolute atomic E-state index is 0.0647. The summed E-state index contributed by atoms with van der Waals surface area (Å²) >= 11 is 1.26. The van der Waals surface area contributed by atoms with Crippen LogP contribution in [0, 0.1) is 0 Å². The molecule has 0 fully saturated rings. The highest BCUT2D eigenvalue weighted by Gasteiger charge is 2.27. The molecule has 1 aromatic heterocycles. The van der Waals surface area contributed by atoms with Crippen molar-refractivity contribution in [2.45, 2.75) is 25.6 Å². The van der Waals surface area contributed by atoms with Gasteiger partial charge in [0.15, 0.2) is 0 Å². The van der Waals surface area contributed by atoms with Crippen LogP contribution in [0.3, 0.4) is 0 Å². The number of hydrogen-bond acceptors (Lipinski definition) is 3. The van der Waals surface area contributed by atoms with Gasteiger partial charge in [0, 0.05) is 30.3 Å². The van der Waals surface area contributed by atoms with Gasteiger partial charge in [-0.05, 0) is 11.6 Å². The van der Waals surface area contributed by atoms with Gasteiger partial charge in [0.1, 0.15) is 0 Å². The topological polar surface area (TPSA) is 38.9 Å². The third-order valence-electron chi connectivity index (χ3n) is 2.63. The Balaban J connectivity index is 2.12. The van der Waals surface area contributed by atoms with Crippen LogP contribution in [0.2, 0.25) is 0 Å². The van der Waals surface area contributed by atoms with E-state index in [1.54, 1.807) is 5.38 Å². The SMILES string of the molecule is NCc1cccc(-c2csc(CCC(F)(F)F)n2)c1. The Kier molecular flexibility index (Phi) is 4.21. The number of nitrogens with two attached hydrogens (primary N) is 1. The van der Waals surface area contributed by atoms with Crippen LogP contribution in [0.15, 0.2) is 29.6 Å². The zero-order valence-electron chi connectivity index (χ0n) is 10.1. The van der Waals surface area contributed by atoms with Gasteiger partial charge in [0.2, 0.25) is 0 Å². The number of alkyl halides is 3. The second kappa shape index (κ2) is 5.71. The van der Waals surface area contributed by atoms with Gasteiger partial charge in [-0.25, -0.2) is 4.98 Å². The summed E-state index contributed by atoms with van der Waals surface area (Å²) in [6, 6.07) is 7.55. The van der Waals surface area contributed by atoms with E-state index in [0.717, 1.165) is 11.1 Å². The van der Waals surface area contributed by atoms with Gasteiger partial charge in [-0.1, -0.05) is 18.2 Å². The number of halogens is 3. The Morgan fingerprint density at radius 3 is 2.74 bits per heavy atom. The molecule has 2 N–H and O–H groups in total. The lowest BCUT2D eigenvalue weighted by Crippen LogP contribution is -2.08. The van der Waals surface area contributed by atoms with Crippen LogP contribution in [-0.2, 0) is 13.0 Å².